The van der Waals surface area contributed by atoms with Gasteiger partial charge in [0.1, 0.15) is 5.75 Å². The van der Waals surface area contributed by atoms with E-state index in [1.54, 1.807) is 7.05 Å². The summed E-state index contributed by atoms with van der Waals surface area (Å²) in [4.78, 5) is 11.0. The van der Waals surface area contributed by atoms with Gasteiger partial charge in [-0.05, 0) is 24.6 Å². The maximum atomic E-state index is 11.0. The van der Waals surface area contributed by atoms with E-state index < -0.39 is 0 Å². The number of ether oxygens (including phenoxy) is 1. The predicted octanol–water partition coefficient (Wildman–Crippen LogP) is 0.624. The van der Waals surface area contributed by atoms with Crippen LogP contribution in [0.15, 0.2) is 24.3 Å². The Kier molecular flexibility index (Phi) is 3.94. The van der Waals surface area contributed by atoms with E-state index in [2.05, 4.69) is 10.9 Å². The average molecular weight is 194 g/mol. The number of carbonyl (C=O) groups excluding carboxylic acids is 1. The molecule has 1 rings (SSSR count). The van der Waals surface area contributed by atoms with Crippen LogP contribution in [0.3, 0.4) is 0 Å². The molecule has 0 heterocycles. The molecule has 76 valence electrons. The fourth-order valence-corrected chi connectivity index (χ4v) is 1.03. The summed E-state index contributed by atoms with van der Waals surface area (Å²) in [5, 5.41) is 0. The summed E-state index contributed by atoms with van der Waals surface area (Å²) < 4.78 is 5.25. The first-order valence-electron chi connectivity index (χ1n) is 4.37. The number of amides is 1. The Bertz CT molecular complexity index is 313. The summed E-state index contributed by atoms with van der Waals surface area (Å²) in [5.41, 5.74) is 6.06. The highest BCUT2D eigenvalue weighted by atomic mass is 16.5. The molecular formula is C10H14N2O2. The number of hydrogen-bond acceptors (Lipinski definition) is 3. The highest BCUT2D eigenvalue weighted by molar-refractivity contribution is 5.76. The zero-order valence-corrected chi connectivity index (χ0v) is 8.33. The van der Waals surface area contributed by atoms with Gasteiger partial charge in [-0.2, -0.15) is 0 Å². The highest BCUT2D eigenvalue weighted by Crippen LogP contribution is 2.11. The lowest BCUT2D eigenvalue weighted by Gasteiger charge is -2.06. The molecule has 0 aliphatic rings. The minimum Gasteiger partial charge on any atom is -0.484 e. The van der Waals surface area contributed by atoms with Crippen LogP contribution in [0.25, 0.3) is 0 Å². The molecule has 2 N–H and O–H groups in total. The number of aryl methyl sites for hydroxylation is 1. The van der Waals surface area contributed by atoms with Gasteiger partial charge >= 0.3 is 0 Å². The monoisotopic (exact) mass is 194 g/mol. The Labute approximate surface area is 83.2 Å². The Balaban J connectivity index is 2.41. The van der Waals surface area contributed by atoms with Gasteiger partial charge < -0.3 is 4.74 Å². The van der Waals surface area contributed by atoms with E-state index in [0.29, 0.717) is 5.75 Å². The van der Waals surface area contributed by atoms with E-state index in [1.165, 1.54) is 0 Å². The first kappa shape index (κ1) is 10.5. The Hall–Kier alpha value is -1.55. The number of nitrogens with one attached hydrogen (secondary N) is 2. The molecule has 4 nitrogen and oxygen atoms in total. The van der Waals surface area contributed by atoms with Crippen molar-refractivity contribution in [3.05, 3.63) is 29.8 Å². The van der Waals surface area contributed by atoms with Gasteiger partial charge in [-0.3, -0.25) is 10.2 Å². The van der Waals surface area contributed by atoms with Gasteiger partial charge in [0.05, 0.1) is 0 Å². The van der Waals surface area contributed by atoms with Crippen LogP contribution in [0.5, 0.6) is 5.75 Å². The van der Waals surface area contributed by atoms with Gasteiger partial charge in [-0.15, -0.1) is 0 Å². The molecule has 0 saturated heterocycles. The van der Waals surface area contributed by atoms with Crippen LogP contribution in [0.1, 0.15) is 5.56 Å². The third kappa shape index (κ3) is 3.45. The Morgan fingerprint density at radius 1 is 1.50 bits per heavy atom. The first-order chi connectivity index (χ1) is 6.72. The van der Waals surface area contributed by atoms with Crippen LogP contribution in [0, 0.1) is 6.92 Å². The number of hydrogen-bond donors (Lipinski definition) is 2. The number of carbonyl (C=O) groups is 1. The Morgan fingerprint density at radius 3 is 2.93 bits per heavy atom. The molecule has 0 fully saturated rings. The van der Waals surface area contributed by atoms with E-state index >= 15 is 0 Å². The molecule has 0 radical (unpaired) electrons. The normalized spacial score (nSPS) is 9.57. The van der Waals surface area contributed by atoms with Gasteiger partial charge in [0.2, 0.25) is 0 Å². The van der Waals surface area contributed by atoms with Crippen molar-refractivity contribution in [2.75, 3.05) is 13.7 Å². The van der Waals surface area contributed by atoms with Gasteiger partial charge in [0.25, 0.3) is 5.91 Å². The molecule has 0 aliphatic heterocycles. The molecule has 0 bridgehead atoms. The summed E-state index contributed by atoms with van der Waals surface area (Å²) in [6.07, 6.45) is 0. The minimum absolute atomic E-state index is 0.0181. The molecule has 0 saturated carbocycles. The van der Waals surface area contributed by atoms with Crippen LogP contribution in [0.2, 0.25) is 0 Å². The lowest BCUT2D eigenvalue weighted by atomic mass is 10.2. The molecule has 1 amide bonds. The van der Waals surface area contributed by atoms with Crippen molar-refractivity contribution in [3.63, 3.8) is 0 Å². The zero-order chi connectivity index (χ0) is 10.4. The minimum atomic E-state index is -0.200. The molecule has 14 heavy (non-hydrogen) atoms. The Morgan fingerprint density at radius 2 is 2.29 bits per heavy atom. The summed E-state index contributed by atoms with van der Waals surface area (Å²) in [5.74, 6) is 0.505. The summed E-state index contributed by atoms with van der Waals surface area (Å²) in [6, 6.07) is 7.56. The molecule has 4 heteroatoms. The van der Waals surface area contributed by atoms with Crippen molar-refractivity contribution in [2.45, 2.75) is 6.92 Å². The fraction of sp³-hybridized carbons (Fsp3) is 0.300. The van der Waals surface area contributed by atoms with Crippen molar-refractivity contribution in [2.24, 2.45) is 0 Å². The highest BCUT2D eigenvalue weighted by Gasteiger charge is 2.00. The SMILES string of the molecule is CNNC(=O)COc1cccc(C)c1. The van der Waals surface area contributed by atoms with Crippen LogP contribution >= 0.6 is 0 Å². The fourth-order valence-electron chi connectivity index (χ4n) is 1.03. The predicted molar refractivity (Wildman–Crippen MR) is 53.9 cm³/mol. The summed E-state index contributed by atoms with van der Waals surface area (Å²) in [6.45, 7) is 1.99. The van der Waals surface area contributed by atoms with E-state index in [4.69, 9.17) is 4.74 Å². The third-order valence-electron chi connectivity index (χ3n) is 1.62. The molecule has 1 aromatic carbocycles. The van der Waals surface area contributed by atoms with E-state index in [9.17, 15) is 4.79 Å². The topological polar surface area (TPSA) is 50.4 Å². The molecule has 0 unspecified atom stereocenters. The van der Waals surface area contributed by atoms with Crippen molar-refractivity contribution in [1.29, 1.82) is 0 Å². The molecule has 0 spiro atoms. The molecule has 0 aromatic heterocycles. The largest absolute Gasteiger partial charge is 0.484 e. The first-order valence-corrected chi connectivity index (χ1v) is 4.37. The van der Waals surface area contributed by atoms with Gasteiger partial charge in [0, 0.05) is 7.05 Å². The molecular weight excluding hydrogens is 180 g/mol. The quantitative estimate of drug-likeness (QED) is 0.691. The molecule has 0 aliphatic carbocycles. The van der Waals surface area contributed by atoms with Crippen molar-refractivity contribution < 1.29 is 9.53 Å². The standard InChI is InChI=1S/C10H14N2O2/c1-8-4-3-5-9(6-8)14-7-10(13)12-11-2/h3-6,11H,7H2,1-2H3,(H,12,13). The summed E-state index contributed by atoms with van der Waals surface area (Å²) >= 11 is 0. The molecule has 0 atom stereocenters. The average Bonchev–Trinajstić information content (AvgIpc) is 2.15. The summed E-state index contributed by atoms with van der Waals surface area (Å²) in [7, 11) is 1.63. The number of rotatable bonds is 4. The van der Waals surface area contributed by atoms with Crippen LogP contribution in [-0.2, 0) is 4.79 Å². The van der Waals surface area contributed by atoms with Crippen LogP contribution in [-0.4, -0.2) is 19.6 Å². The smallest absolute Gasteiger partial charge is 0.271 e. The second-order valence-corrected chi connectivity index (χ2v) is 2.90. The van der Waals surface area contributed by atoms with E-state index in [0.717, 1.165) is 5.56 Å². The van der Waals surface area contributed by atoms with Gasteiger partial charge in [0.15, 0.2) is 6.61 Å². The van der Waals surface area contributed by atoms with Crippen LogP contribution in [0.4, 0.5) is 0 Å². The zero-order valence-electron chi connectivity index (χ0n) is 8.33. The van der Waals surface area contributed by atoms with Crippen LogP contribution < -0.4 is 15.6 Å². The second kappa shape index (κ2) is 5.24. The van der Waals surface area contributed by atoms with Gasteiger partial charge in [-0.25, -0.2) is 5.43 Å². The van der Waals surface area contributed by atoms with Crippen molar-refractivity contribution in [3.8, 4) is 5.75 Å². The maximum absolute atomic E-state index is 11.0. The van der Waals surface area contributed by atoms with E-state index in [1.807, 2.05) is 31.2 Å². The van der Waals surface area contributed by atoms with E-state index in [-0.39, 0.29) is 12.5 Å². The third-order valence-corrected chi connectivity index (χ3v) is 1.62. The van der Waals surface area contributed by atoms with Crippen molar-refractivity contribution in [1.82, 2.24) is 10.9 Å². The van der Waals surface area contributed by atoms with Gasteiger partial charge in [-0.1, -0.05) is 12.1 Å². The lowest BCUT2D eigenvalue weighted by molar-refractivity contribution is -0.123. The lowest BCUT2D eigenvalue weighted by Crippen LogP contribution is -2.37. The maximum Gasteiger partial charge on any atom is 0.271 e. The van der Waals surface area contributed by atoms with Crippen molar-refractivity contribution >= 4 is 5.91 Å². The number of benzene rings is 1. The second-order valence-electron chi connectivity index (χ2n) is 2.90. The molecule has 1 aromatic rings. The number of hydrazine groups is 1.